The third kappa shape index (κ3) is 4.22. The molecule has 5 rings (SSSR count). The van der Waals surface area contributed by atoms with Gasteiger partial charge in [-0.2, -0.15) is 0 Å². The van der Waals surface area contributed by atoms with Crippen LogP contribution in [0.2, 0.25) is 0 Å². The summed E-state index contributed by atoms with van der Waals surface area (Å²) in [6.07, 6.45) is 9.81. The van der Waals surface area contributed by atoms with Crippen LogP contribution in [0.15, 0.2) is 55.0 Å². The lowest BCUT2D eigenvalue weighted by Crippen LogP contribution is -2.15. The van der Waals surface area contributed by atoms with Crippen molar-refractivity contribution in [1.82, 2.24) is 24.3 Å². The van der Waals surface area contributed by atoms with Crippen LogP contribution in [0.4, 0.5) is 0 Å². The van der Waals surface area contributed by atoms with E-state index in [2.05, 4.69) is 57.8 Å². The number of nitrogens with zero attached hydrogens (tertiary/aromatic N) is 5. The molecular formula is C25H27N5O2. The molecule has 4 heterocycles. The van der Waals surface area contributed by atoms with Crippen molar-refractivity contribution in [2.75, 3.05) is 40.5 Å². The van der Waals surface area contributed by atoms with Gasteiger partial charge in [-0.05, 0) is 44.6 Å². The Morgan fingerprint density at radius 2 is 2.00 bits per heavy atom. The second-order valence-corrected chi connectivity index (χ2v) is 8.24. The van der Waals surface area contributed by atoms with E-state index in [1.165, 1.54) is 11.1 Å². The van der Waals surface area contributed by atoms with Crippen LogP contribution in [0.25, 0.3) is 33.5 Å². The molecule has 0 saturated heterocycles. The van der Waals surface area contributed by atoms with E-state index in [1.807, 2.05) is 30.6 Å². The first kappa shape index (κ1) is 20.6. The molecule has 7 nitrogen and oxygen atoms in total. The first-order valence-corrected chi connectivity index (χ1v) is 11.0. The van der Waals surface area contributed by atoms with E-state index in [9.17, 15) is 0 Å². The number of para-hydroxylation sites is 1. The van der Waals surface area contributed by atoms with Gasteiger partial charge in [0.2, 0.25) is 11.7 Å². The number of aromatic nitrogens is 4. The van der Waals surface area contributed by atoms with Gasteiger partial charge in [0.1, 0.15) is 0 Å². The molecule has 0 radical (unpaired) electrons. The van der Waals surface area contributed by atoms with Gasteiger partial charge in [-0.25, -0.2) is 15.0 Å². The summed E-state index contributed by atoms with van der Waals surface area (Å²) in [5, 5.41) is 0. The zero-order chi connectivity index (χ0) is 21.9. The molecule has 0 atom stereocenters. The van der Waals surface area contributed by atoms with Gasteiger partial charge in [0, 0.05) is 47.9 Å². The van der Waals surface area contributed by atoms with Crippen LogP contribution in [0.1, 0.15) is 18.4 Å². The minimum atomic E-state index is 0.642. The summed E-state index contributed by atoms with van der Waals surface area (Å²) >= 11 is 0. The summed E-state index contributed by atoms with van der Waals surface area (Å²) in [5.41, 5.74) is 6.49. The molecule has 0 amide bonds. The van der Waals surface area contributed by atoms with Crippen molar-refractivity contribution in [2.24, 2.45) is 0 Å². The first-order valence-electron chi connectivity index (χ1n) is 11.0. The molecule has 4 aromatic rings. The zero-order valence-corrected chi connectivity index (χ0v) is 18.5. The summed E-state index contributed by atoms with van der Waals surface area (Å²) in [4.78, 5) is 16.0. The van der Waals surface area contributed by atoms with Crippen molar-refractivity contribution in [1.29, 1.82) is 0 Å². The summed E-state index contributed by atoms with van der Waals surface area (Å²) in [6.45, 7) is 3.05. The number of hydrogen-bond donors (Lipinski definition) is 0. The predicted octanol–water partition coefficient (Wildman–Crippen LogP) is 4.08. The van der Waals surface area contributed by atoms with Crippen molar-refractivity contribution < 1.29 is 9.47 Å². The van der Waals surface area contributed by atoms with Crippen LogP contribution in [0.3, 0.4) is 0 Å². The van der Waals surface area contributed by atoms with Crippen molar-refractivity contribution in [3.05, 3.63) is 60.6 Å². The van der Waals surface area contributed by atoms with Crippen LogP contribution < -0.4 is 4.74 Å². The number of hydrogen-bond acceptors (Lipinski definition) is 6. The Morgan fingerprint density at radius 1 is 1.09 bits per heavy atom. The van der Waals surface area contributed by atoms with E-state index in [0.29, 0.717) is 24.9 Å². The van der Waals surface area contributed by atoms with Gasteiger partial charge in [0.25, 0.3) is 0 Å². The van der Waals surface area contributed by atoms with Crippen molar-refractivity contribution >= 4 is 22.4 Å². The number of benzene rings is 1. The van der Waals surface area contributed by atoms with Crippen molar-refractivity contribution in [3.63, 3.8) is 0 Å². The highest BCUT2D eigenvalue weighted by atomic mass is 16.5. The molecule has 0 saturated carbocycles. The van der Waals surface area contributed by atoms with Gasteiger partial charge in [0.15, 0.2) is 0 Å². The molecule has 1 aliphatic heterocycles. The van der Waals surface area contributed by atoms with E-state index >= 15 is 0 Å². The molecule has 7 heteroatoms. The molecule has 0 unspecified atom stereocenters. The Morgan fingerprint density at radius 3 is 2.78 bits per heavy atom. The number of fused-ring (bicyclic) bond motifs is 3. The Labute approximate surface area is 187 Å². The predicted molar refractivity (Wildman–Crippen MR) is 126 cm³/mol. The van der Waals surface area contributed by atoms with E-state index in [0.717, 1.165) is 48.2 Å². The molecule has 0 spiro atoms. The fourth-order valence-electron chi connectivity index (χ4n) is 4.02. The molecule has 32 heavy (non-hydrogen) atoms. The fraction of sp³-hybridized carbons (Fsp3) is 0.320. The van der Waals surface area contributed by atoms with Crippen molar-refractivity contribution in [3.8, 4) is 17.0 Å². The normalized spacial score (nSPS) is 14.3. The lowest BCUT2D eigenvalue weighted by molar-refractivity contribution is 0.161. The smallest absolute Gasteiger partial charge is 0.234 e. The van der Waals surface area contributed by atoms with Crippen LogP contribution in [0, 0.1) is 0 Å². The van der Waals surface area contributed by atoms with Crippen molar-refractivity contribution in [2.45, 2.75) is 12.8 Å². The van der Waals surface area contributed by atoms with E-state index in [4.69, 9.17) is 14.5 Å². The summed E-state index contributed by atoms with van der Waals surface area (Å²) in [5.74, 6) is 1.33. The molecule has 0 fully saturated rings. The summed E-state index contributed by atoms with van der Waals surface area (Å²) in [6, 6.07) is 10.2. The Balaban J connectivity index is 1.45. The van der Waals surface area contributed by atoms with Gasteiger partial charge in [0.05, 0.1) is 30.9 Å². The first-order chi connectivity index (χ1) is 15.7. The van der Waals surface area contributed by atoms with Gasteiger partial charge < -0.3 is 14.4 Å². The molecule has 1 aliphatic rings. The highest BCUT2D eigenvalue weighted by Crippen LogP contribution is 2.30. The molecule has 164 valence electrons. The number of imidazole rings is 1. The molecule has 0 bridgehead atoms. The quantitative estimate of drug-likeness (QED) is 0.413. The summed E-state index contributed by atoms with van der Waals surface area (Å²) in [7, 11) is 4.12. The largest absolute Gasteiger partial charge is 0.478 e. The van der Waals surface area contributed by atoms with Crippen LogP contribution in [0.5, 0.6) is 5.88 Å². The highest BCUT2D eigenvalue weighted by Gasteiger charge is 2.15. The van der Waals surface area contributed by atoms with E-state index < -0.39 is 0 Å². The van der Waals surface area contributed by atoms with E-state index in [1.54, 1.807) is 0 Å². The van der Waals surface area contributed by atoms with E-state index in [-0.39, 0.29) is 0 Å². The SMILES string of the molecule is CN(C)CCCOc1ccc(-c2cnc3nc4cccc(C5=CCOCC5)c4n3c2)cn1. The van der Waals surface area contributed by atoms with Gasteiger partial charge in [-0.1, -0.05) is 18.2 Å². The van der Waals surface area contributed by atoms with Crippen LogP contribution in [-0.2, 0) is 4.74 Å². The second kappa shape index (κ2) is 9.06. The minimum Gasteiger partial charge on any atom is -0.478 e. The maximum Gasteiger partial charge on any atom is 0.234 e. The van der Waals surface area contributed by atoms with Gasteiger partial charge in [-0.3, -0.25) is 4.40 Å². The molecule has 3 aromatic heterocycles. The maximum atomic E-state index is 5.76. The molecule has 0 aliphatic carbocycles. The Kier molecular flexibility index (Phi) is 5.83. The third-order valence-corrected chi connectivity index (χ3v) is 5.66. The third-order valence-electron chi connectivity index (χ3n) is 5.66. The molecule has 0 N–H and O–H groups in total. The minimum absolute atomic E-state index is 0.642. The lowest BCUT2D eigenvalue weighted by atomic mass is 10.00. The lowest BCUT2D eigenvalue weighted by Gasteiger charge is -2.15. The standard InChI is InChI=1S/C25H27N5O2/c1-29(2)11-4-12-32-23-8-7-19(15-26-23)20-16-27-25-28-22-6-3-5-21(24(22)30(25)17-20)18-9-13-31-14-10-18/h3,5-9,15-17H,4,10-14H2,1-2H3. The molecular weight excluding hydrogens is 402 g/mol. The number of rotatable bonds is 7. The molecule has 1 aromatic carbocycles. The van der Waals surface area contributed by atoms with Gasteiger partial charge >= 0.3 is 0 Å². The van der Waals surface area contributed by atoms with Crippen LogP contribution in [-0.4, -0.2) is 64.7 Å². The average Bonchev–Trinajstić information content (AvgIpc) is 3.21. The monoisotopic (exact) mass is 429 g/mol. The van der Waals surface area contributed by atoms with Crippen LogP contribution >= 0.6 is 0 Å². The second-order valence-electron chi connectivity index (χ2n) is 8.24. The topological polar surface area (TPSA) is 64.8 Å². The average molecular weight is 430 g/mol. The van der Waals surface area contributed by atoms with Gasteiger partial charge in [-0.15, -0.1) is 0 Å². The number of ether oxygens (including phenoxy) is 2. The summed E-state index contributed by atoms with van der Waals surface area (Å²) < 4.78 is 13.3. The highest BCUT2D eigenvalue weighted by molar-refractivity contribution is 5.92. The Bertz CT molecular complexity index is 1260. The Hall–Kier alpha value is -3.29. The maximum absolute atomic E-state index is 5.76. The zero-order valence-electron chi connectivity index (χ0n) is 18.5. The fourth-order valence-corrected chi connectivity index (χ4v) is 4.02. The number of pyridine rings is 1.